The molecule has 1 aliphatic rings. The summed E-state index contributed by atoms with van der Waals surface area (Å²) in [5.41, 5.74) is 3.21. The molecule has 0 bridgehead atoms. The normalized spacial score (nSPS) is 18.3. The van der Waals surface area contributed by atoms with Gasteiger partial charge in [-0.25, -0.2) is 0 Å². The summed E-state index contributed by atoms with van der Waals surface area (Å²) in [4.78, 5) is 6.88. The zero-order valence-electron chi connectivity index (χ0n) is 17.9. The number of hydrogen-bond acceptors (Lipinski definition) is 4. The SMILES string of the molecule is CCOc1ccc(-n2cccc2[C@@H]2[C@H](c3ccccn3)NC(=S)N2CCCOC)cc1. The van der Waals surface area contributed by atoms with Crippen molar-refractivity contribution in [2.24, 2.45) is 0 Å². The molecule has 162 valence electrons. The van der Waals surface area contributed by atoms with Crippen molar-refractivity contribution < 1.29 is 9.47 Å². The van der Waals surface area contributed by atoms with Gasteiger partial charge in [0.25, 0.3) is 0 Å². The highest BCUT2D eigenvalue weighted by Gasteiger charge is 2.40. The first-order chi connectivity index (χ1) is 15.2. The average Bonchev–Trinajstić information content (AvgIpc) is 3.40. The molecule has 0 saturated carbocycles. The van der Waals surface area contributed by atoms with Gasteiger partial charge in [-0.3, -0.25) is 4.98 Å². The summed E-state index contributed by atoms with van der Waals surface area (Å²) in [6.07, 6.45) is 4.82. The highest BCUT2D eigenvalue weighted by Crippen LogP contribution is 2.39. The Morgan fingerprint density at radius 3 is 2.65 bits per heavy atom. The number of nitrogens with zero attached hydrogens (tertiary/aromatic N) is 3. The number of aromatic nitrogens is 2. The van der Waals surface area contributed by atoms with Crippen LogP contribution in [0, 0.1) is 0 Å². The van der Waals surface area contributed by atoms with Crippen LogP contribution in [0.4, 0.5) is 0 Å². The van der Waals surface area contributed by atoms with E-state index in [-0.39, 0.29) is 12.1 Å². The van der Waals surface area contributed by atoms with Gasteiger partial charge in [-0.05, 0) is 74.1 Å². The van der Waals surface area contributed by atoms with Crippen molar-refractivity contribution in [1.82, 2.24) is 19.8 Å². The maximum Gasteiger partial charge on any atom is 0.170 e. The number of rotatable bonds is 9. The summed E-state index contributed by atoms with van der Waals surface area (Å²) in [6, 6.07) is 18.4. The first kappa shape index (κ1) is 21.3. The van der Waals surface area contributed by atoms with Crippen molar-refractivity contribution in [2.45, 2.75) is 25.4 Å². The molecule has 6 nitrogen and oxygen atoms in total. The number of ether oxygens (including phenoxy) is 2. The predicted octanol–water partition coefficient (Wildman–Crippen LogP) is 4.28. The molecule has 1 saturated heterocycles. The summed E-state index contributed by atoms with van der Waals surface area (Å²) < 4.78 is 13.1. The molecule has 3 aromatic rings. The maximum absolute atomic E-state index is 5.74. The van der Waals surface area contributed by atoms with Crippen molar-refractivity contribution in [3.8, 4) is 11.4 Å². The van der Waals surface area contributed by atoms with Crippen LogP contribution in [0.3, 0.4) is 0 Å². The predicted molar refractivity (Wildman–Crippen MR) is 126 cm³/mol. The second kappa shape index (κ2) is 9.94. The van der Waals surface area contributed by atoms with Crippen LogP contribution in [-0.4, -0.2) is 46.4 Å². The molecule has 31 heavy (non-hydrogen) atoms. The van der Waals surface area contributed by atoms with E-state index >= 15 is 0 Å². The van der Waals surface area contributed by atoms with Crippen LogP contribution in [-0.2, 0) is 4.74 Å². The summed E-state index contributed by atoms with van der Waals surface area (Å²) in [7, 11) is 1.73. The molecule has 4 rings (SSSR count). The fraction of sp³-hybridized carbons (Fsp3) is 0.333. The molecular formula is C24H28N4O2S. The van der Waals surface area contributed by atoms with E-state index < -0.39 is 0 Å². The molecule has 3 heterocycles. The Kier molecular flexibility index (Phi) is 6.84. The third kappa shape index (κ3) is 4.57. The van der Waals surface area contributed by atoms with Gasteiger partial charge in [-0.15, -0.1) is 0 Å². The standard InChI is InChI=1S/C24H28N4O2S/c1-3-30-19-12-10-18(11-13-19)27-15-6-9-21(27)23-22(20-8-4-5-14-25-20)26-24(31)28(23)16-7-17-29-2/h4-6,8-15,22-23H,3,7,16-17H2,1-2H3,(H,26,31)/t22-,23+/m0/s1. The second-order valence-electron chi connectivity index (χ2n) is 7.40. The fourth-order valence-corrected chi connectivity index (χ4v) is 4.42. The van der Waals surface area contributed by atoms with Crippen LogP contribution >= 0.6 is 12.2 Å². The van der Waals surface area contributed by atoms with Gasteiger partial charge in [0.05, 0.1) is 24.4 Å². The van der Waals surface area contributed by atoms with E-state index in [1.165, 1.54) is 0 Å². The Morgan fingerprint density at radius 2 is 1.94 bits per heavy atom. The van der Waals surface area contributed by atoms with Crippen LogP contribution in [0.1, 0.15) is 36.8 Å². The van der Waals surface area contributed by atoms with Gasteiger partial charge < -0.3 is 24.3 Å². The second-order valence-corrected chi connectivity index (χ2v) is 7.78. The topological polar surface area (TPSA) is 51.5 Å². The molecule has 0 spiro atoms. The van der Waals surface area contributed by atoms with Crippen LogP contribution in [0.15, 0.2) is 67.0 Å². The lowest BCUT2D eigenvalue weighted by Crippen LogP contribution is -2.32. The highest BCUT2D eigenvalue weighted by molar-refractivity contribution is 7.80. The molecule has 0 radical (unpaired) electrons. The quantitative estimate of drug-likeness (QED) is 0.399. The van der Waals surface area contributed by atoms with E-state index in [0.717, 1.165) is 40.9 Å². The zero-order valence-corrected chi connectivity index (χ0v) is 18.7. The summed E-state index contributed by atoms with van der Waals surface area (Å²) >= 11 is 5.74. The summed E-state index contributed by atoms with van der Waals surface area (Å²) in [6.45, 7) is 4.15. The smallest absolute Gasteiger partial charge is 0.170 e. The van der Waals surface area contributed by atoms with Crippen LogP contribution in [0.25, 0.3) is 5.69 Å². The minimum atomic E-state index is -0.0346. The van der Waals surface area contributed by atoms with Gasteiger partial charge in [0, 0.05) is 44.0 Å². The van der Waals surface area contributed by atoms with E-state index in [9.17, 15) is 0 Å². The van der Waals surface area contributed by atoms with Crippen molar-refractivity contribution in [3.05, 3.63) is 78.4 Å². The monoisotopic (exact) mass is 436 g/mol. The number of pyridine rings is 1. The number of nitrogens with one attached hydrogen (secondary N) is 1. The fourth-order valence-electron chi connectivity index (χ4n) is 4.09. The molecule has 1 aliphatic heterocycles. The Labute approximate surface area is 188 Å². The lowest BCUT2D eigenvalue weighted by molar-refractivity contribution is 0.180. The Bertz CT molecular complexity index is 990. The minimum absolute atomic E-state index is 0.0147. The Balaban J connectivity index is 1.71. The third-order valence-corrected chi connectivity index (χ3v) is 5.81. The lowest BCUT2D eigenvalue weighted by atomic mass is 10.0. The van der Waals surface area contributed by atoms with Gasteiger partial charge in [0.2, 0.25) is 0 Å². The van der Waals surface area contributed by atoms with Gasteiger partial charge >= 0.3 is 0 Å². The molecular weight excluding hydrogens is 408 g/mol. The molecule has 0 amide bonds. The molecule has 7 heteroatoms. The van der Waals surface area contributed by atoms with Crippen molar-refractivity contribution in [2.75, 3.05) is 26.9 Å². The Morgan fingerprint density at radius 1 is 1.10 bits per heavy atom. The molecule has 0 unspecified atom stereocenters. The molecule has 2 atom stereocenters. The minimum Gasteiger partial charge on any atom is -0.494 e. The van der Waals surface area contributed by atoms with Crippen LogP contribution < -0.4 is 10.1 Å². The van der Waals surface area contributed by atoms with E-state index in [4.69, 9.17) is 21.7 Å². The molecule has 2 aromatic heterocycles. The van der Waals surface area contributed by atoms with Crippen LogP contribution in [0.2, 0.25) is 0 Å². The number of methoxy groups -OCH3 is 1. The first-order valence-corrected chi connectivity index (χ1v) is 11.0. The van der Waals surface area contributed by atoms with Gasteiger partial charge in [-0.1, -0.05) is 6.07 Å². The van der Waals surface area contributed by atoms with Crippen LogP contribution in [0.5, 0.6) is 5.75 Å². The third-order valence-electron chi connectivity index (χ3n) is 5.45. The largest absolute Gasteiger partial charge is 0.494 e. The zero-order chi connectivity index (χ0) is 21.6. The van der Waals surface area contributed by atoms with Gasteiger partial charge in [0.1, 0.15) is 5.75 Å². The van der Waals surface area contributed by atoms with Crippen molar-refractivity contribution in [3.63, 3.8) is 0 Å². The summed E-state index contributed by atoms with van der Waals surface area (Å²) in [5.74, 6) is 0.872. The highest BCUT2D eigenvalue weighted by atomic mass is 32.1. The lowest BCUT2D eigenvalue weighted by Gasteiger charge is -2.29. The number of hydrogen-bond donors (Lipinski definition) is 1. The number of benzene rings is 1. The van der Waals surface area contributed by atoms with Gasteiger partial charge in [0.15, 0.2) is 5.11 Å². The van der Waals surface area contributed by atoms with Crippen molar-refractivity contribution >= 4 is 17.3 Å². The van der Waals surface area contributed by atoms with E-state index in [0.29, 0.717) is 13.2 Å². The van der Waals surface area contributed by atoms with Crippen molar-refractivity contribution in [1.29, 1.82) is 0 Å². The molecule has 0 aliphatic carbocycles. The molecule has 1 fully saturated rings. The average molecular weight is 437 g/mol. The molecule has 1 N–H and O–H groups in total. The maximum atomic E-state index is 5.74. The number of thiocarbonyl (C=S) groups is 1. The molecule has 1 aromatic carbocycles. The van der Waals surface area contributed by atoms with Gasteiger partial charge in [-0.2, -0.15) is 0 Å². The van der Waals surface area contributed by atoms with E-state index in [1.54, 1.807) is 7.11 Å². The first-order valence-electron chi connectivity index (χ1n) is 10.6. The summed E-state index contributed by atoms with van der Waals surface area (Å²) in [5, 5.41) is 4.26. The van der Waals surface area contributed by atoms with E-state index in [2.05, 4.69) is 56.3 Å². The van der Waals surface area contributed by atoms with E-state index in [1.807, 2.05) is 37.4 Å². The Hall–Kier alpha value is -2.90.